The lowest BCUT2D eigenvalue weighted by Crippen LogP contribution is -2.13. The third-order valence-corrected chi connectivity index (χ3v) is 6.23. The number of benzene rings is 1. The predicted molar refractivity (Wildman–Crippen MR) is 98.4 cm³/mol. The van der Waals surface area contributed by atoms with E-state index in [1.807, 2.05) is 0 Å². The first-order valence-electron chi connectivity index (χ1n) is 7.57. The molecule has 9 nitrogen and oxygen atoms in total. The minimum absolute atomic E-state index is 0.0131. The number of carboxylic acid groups (broad SMARTS) is 1. The molecular formula is C16H14N4O5S2. The van der Waals surface area contributed by atoms with E-state index in [4.69, 9.17) is 5.11 Å². The van der Waals surface area contributed by atoms with Crippen LogP contribution in [0, 0.1) is 6.92 Å². The Morgan fingerprint density at radius 2 is 1.89 bits per heavy atom. The third-order valence-electron chi connectivity index (χ3n) is 3.55. The number of carbonyl (C=O) groups excluding carboxylic acids is 1. The van der Waals surface area contributed by atoms with Crippen LogP contribution in [0.15, 0.2) is 41.6 Å². The van der Waals surface area contributed by atoms with Crippen LogP contribution in [0.1, 0.15) is 23.0 Å². The lowest BCUT2D eigenvalue weighted by Gasteiger charge is -2.04. The summed E-state index contributed by atoms with van der Waals surface area (Å²) in [5.74, 6) is -1.39. The van der Waals surface area contributed by atoms with Gasteiger partial charge >= 0.3 is 5.97 Å². The van der Waals surface area contributed by atoms with E-state index >= 15 is 0 Å². The van der Waals surface area contributed by atoms with Crippen LogP contribution in [0.5, 0.6) is 0 Å². The molecule has 2 N–H and O–H groups in total. The highest BCUT2D eigenvalue weighted by molar-refractivity contribution is 7.89. The number of amides is 1. The normalized spacial score (nSPS) is 11.3. The third kappa shape index (κ3) is 3.73. The molecule has 0 unspecified atom stereocenters. The summed E-state index contributed by atoms with van der Waals surface area (Å²) in [6, 6.07) is 4.86. The summed E-state index contributed by atoms with van der Waals surface area (Å²) < 4.78 is 26.2. The summed E-state index contributed by atoms with van der Waals surface area (Å²) in [4.78, 5) is 26.9. The second-order valence-corrected chi connectivity index (χ2v) is 8.35. The van der Waals surface area contributed by atoms with Crippen molar-refractivity contribution < 1.29 is 23.1 Å². The van der Waals surface area contributed by atoms with E-state index in [1.165, 1.54) is 54.9 Å². The molecular weight excluding hydrogens is 392 g/mol. The molecule has 3 rings (SSSR count). The van der Waals surface area contributed by atoms with Crippen LogP contribution < -0.4 is 5.32 Å². The molecule has 0 saturated heterocycles. The highest BCUT2D eigenvalue weighted by Crippen LogP contribution is 2.33. The number of anilines is 1. The van der Waals surface area contributed by atoms with E-state index in [0.717, 1.165) is 4.09 Å². The molecule has 0 spiro atoms. The Kier molecular flexibility index (Phi) is 4.81. The Balaban J connectivity index is 1.94. The maximum atomic E-state index is 12.7. The Morgan fingerprint density at radius 3 is 2.48 bits per heavy atom. The zero-order chi connectivity index (χ0) is 19.8. The fourth-order valence-corrected chi connectivity index (χ4v) is 4.41. The van der Waals surface area contributed by atoms with E-state index < -0.39 is 16.0 Å². The van der Waals surface area contributed by atoms with Gasteiger partial charge in [-0.15, -0.1) is 0 Å². The number of hydrogen-bond acceptors (Lipinski definition) is 7. The van der Waals surface area contributed by atoms with Crippen molar-refractivity contribution in [2.24, 2.45) is 0 Å². The molecule has 1 aromatic carbocycles. The molecule has 0 bridgehead atoms. The summed E-state index contributed by atoms with van der Waals surface area (Å²) in [7, 11) is -3.97. The quantitative estimate of drug-likeness (QED) is 0.664. The van der Waals surface area contributed by atoms with Gasteiger partial charge in [-0.1, -0.05) is 11.3 Å². The van der Waals surface area contributed by atoms with Gasteiger partial charge in [0.2, 0.25) is 5.91 Å². The topological polar surface area (TPSA) is 131 Å². The molecule has 3 aromatic rings. The van der Waals surface area contributed by atoms with Gasteiger partial charge in [-0.05, 0) is 31.2 Å². The van der Waals surface area contributed by atoms with E-state index in [-0.39, 0.29) is 16.4 Å². The van der Waals surface area contributed by atoms with Crippen molar-refractivity contribution in [2.75, 3.05) is 5.32 Å². The van der Waals surface area contributed by atoms with Gasteiger partial charge in [0.25, 0.3) is 10.0 Å². The maximum Gasteiger partial charge on any atom is 0.335 e. The smallest absolute Gasteiger partial charge is 0.335 e. The van der Waals surface area contributed by atoms with Crippen molar-refractivity contribution in [2.45, 2.75) is 18.7 Å². The average Bonchev–Trinajstić information content (AvgIpc) is 3.21. The number of aromatic nitrogens is 3. The summed E-state index contributed by atoms with van der Waals surface area (Å²) in [6.07, 6.45) is 2.74. The van der Waals surface area contributed by atoms with Crippen LogP contribution in [0.3, 0.4) is 0 Å². The van der Waals surface area contributed by atoms with Crippen molar-refractivity contribution in [3.05, 3.63) is 47.9 Å². The van der Waals surface area contributed by atoms with Crippen LogP contribution in [-0.2, 0) is 14.8 Å². The molecule has 0 atom stereocenters. The van der Waals surface area contributed by atoms with Crippen LogP contribution in [0.25, 0.3) is 10.4 Å². The van der Waals surface area contributed by atoms with E-state index in [9.17, 15) is 18.0 Å². The number of hydrogen-bond donors (Lipinski definition) is 2. The molecule has 1 amide bonds. The molecule has 0 fully saturated rings. The largest absolute Gasteiger partial charge is 0.478 e. The Morgan fingerprint density at radius 1 is 1.22 bits per heavy atom. The molecule has 0 radical (unpaired) electrons. The first kappa shape index (κ1) is 18.7. The zero-order valence-electron chi connectivity index (χ0n) is 14.2. The van der Waals surface area contributed by atoms with E-state index in [0.29, 0.717) is 21.3 Å². The Labute approximate surface area is 158 Å². The second kappa shape index (κ2) is 6.93. The first-order valence-corrected chi connectivity index (χ1v) is 9.83. The van der Waals surface area contributed by atoms with Crippen molar-refractivity contribution in [3.8, 4) is 10.4 Å². The number of aromatic carboxylic acids is 1. The predicted octanol–water partition coefficient (Wildman–Crippen LogP) is 2.21. The van der Waals surface area contributed by atoms with Gasteiger partial charge in [-0.25, -0.2) is 9.78 Å². The van der Waals surface area contributed by atoms with E-state index in [2.05, 4.69) is 15.4 Å². The maximum absolute atomic E-state index is 12.7. The van der Waals surface area contributed by atoms with E-state index in [1.54, 1.807) is 6.92 Å². The molecule has 2 heterocycles. The number of carbonyl (C=O) groups is 2. The fourth-order valence-electron chi connectivity index (χ4n) is 2.30. The minimum atomic E-state index is -3.97. The van der Waals surface area contributed by atoms with Gasteiger partial charge < -0.3 is 10.4 Å². The highest BCUT2D eigenvalue weighted by atomic mass is 32.2. The van der Waals surface area contributed by atoms with Crippen LogP contribution in [0.2, 0.25) is 0 Å². The first-order chi connectivity index (χ1) is 12.7. The SMILES string of the molecule is CC(=O)Nc1nc(C)c(-c2cnn(S(=O)(=O)c3ccc(C(=O)O)cc3)c2)s1. The van der Waals surface area contributed by atoms with Crippen molar-refractivity contribution in [1.29, 1.82) is 0 Å². The number of carboxylic acids is 1. The Bertz CT molecular complexity index is 1130. The average molecular weight is 406 g/mol. The summed E-state index contributed by atoms with van der Waals surface area (Å²) in [5, 5.41) is 15.8. The zero-order valence-corrected chi connectivity index (χ0v) is 15.8. The number of thiazole rings is 1. The molecule has 11 heteroatoms. The molecule has 2 aromatic heterocycles. The second-order valence-electron chi connectivity index (χ2n) is 5.55. The molecule has 0 aliphatic rings. The molecule has 0 saturated carbocycles. The number of rotatable bonds is 5. The summed E-state index contributed by atoms with van der Waals surface area (Å²) >= 11 is 1.21. The van der Waals surface area contributed by atoms with Crippen LogP contribution in [-0.4, -0.2) is 39.6 Å². The van der Waals surface area contributed by atoms with Crippen molar-refractivity contribution >= 4 is 38.4 Å². The van der Waals surface area contributed by atoms with Crippen LogP contribution >= 0.6 is 11.3 Å². The van der Waals surface area contributed by atoms with Crippen LogP contribution in [0.4, 0.5) is 5.13 Å². The van der Waals surface area contributed by atoms with Gasteiger partial charge in [-0.2, -0.15) is 17.6 Å². The van der Waals surface area contributed by atoms with Crippen molar-refractivity contribution in [3.63, 3.8) is 0 Å². The van der Waals surface area contributed by atoms with Gasteiger partial charge in [-0.3, -0.25) is 4.79 Å². The number of nitrogens with zero attached hydrogens (tertiary/aromatic N) is 3. The molecule has 0 aliphatic carbocycles. The molecule has 0 aliphatic heterocycles. The summed E-state index contributed by atoms with van der Waals surface area (Å²) in [6.45, 7) is 3.12. The summed E-state index contributed by atoms with van der Waals surface area (Å²) in [5.41, 5.74) is 1.15. The monoisotopic (exact) mass is 406 g/mol. The van der Waals surface area contributed by atoms with Gasteiger partial charge in [0.05, 0.1) is 33.4 Å². The lowest BCUT2D eigenvalue weighted by atomic mass is 10.2. The number of nitrogens with one attached hydrogen (secondary N) is 1. The standard InChI is InChI=1S/C16H14N4O5S2/c1-9-14(26-16(18-9)19-10(2)21)12-7-17-20(8-12)27(24,25)13-5-3-11(4-6-13)15(22)23/h3-8H,1-2H3,(H,22,23)(H,18,19,21). The van der Waals surface area contributed by atoms with Crippen molar-refractivity contribution in [1.82, 2.24) is 14.2 Å². The molecule has 27 heavy (non-hydrogen) atoms. The van der Waals surface area contributed by atoms with Gasteiger partial charge in [0, 0.05) is 12.5 Å². The van der Waals surface area contributed by atoms with Gasteiger partial charge in [0.1, 0.15) is 0 Å². The number of aryl methyl sites for hydroxylation is 1. The highest BCUT2D eigenvalue weighted by Gasteiger charge is 2.20. The fraction of sp³-hybridized carbons (Fsp3) is 0.125. The minimum Gasteiger partial charge on any atom is -0.478 e. The lowest BCUT2D eigenvalue weighted by molar-refractivity contribution is -0.114. The molecule has 140 valence electrons. The van der Waals surface area contributed by atoms with Gasteiger partial charge in [0.15, 0.2) is 5.13 Å². The Hall–Kier alpha value is -3.05.